The van der Waals surface area contributed by atoms with Gasteiger partial charge in [0.1, 0.15) is 5.75 Å². The van der Waals surface area contributed by atoms with Gasteiger partial charge in [-0.25, -0.2) is 12.7 Å². The van der Waals surface area contributed by atoms with E-state index in [0.29, 0.717) is 13.1 Å². The van der Waals surface area contributed by atoms with Crippen molar-refractivity contribution in [3.05, 3.63) is 0 Å². The zero-order valence-electron chi connectivity index (χ0n) is 12.3. The lowest BCUT2D eigenvalue weighted by molar-refractivity contribution is -0.144. The van der Waals surface area contributed by atoms with E-state index >= 15 is 0 Å². The molecule has 21 heavy (non-hydrogen) atoms. The zero-order valence-corrected chi connectivity index (χ0v) is 13.1. The predicted octanol–water partition coefficient (Wildman–Crippen LogP) is -0.640. The summed E-state index contributed by atoms with van der Waals surface area (Å²) in [5.41, 5.74) is 0. The second kappa shape index (κ2) is 7.71. The maximum absolute atomic E-state index is 12.2. The van der Waals surface area contributed by atoms with E-state index in [1.807, 2.05) is 0 Å². The molecule has 1 aliphatic rings. The second-order valence-electron chi connectivity index (χ2n) is 4.75. The Labute approximate surface area is 124 Å². The molecule has 1 amide bonds. The van der Waals surface area contributed by atoms with Crippen LogP contribution in [0.25, 0.3) is 0 Å². The fourth-order valence-corrected chi connectivity index (χ4v) is 3.75. The van der Waals surface area contributed by atoms with Crippen molar-refractivity contribution in [1.29, 1.82) is 0 Å². The highest BCUT2D eigenvalue weighted by Gasteiger charge is 2.32. The quantitative estimate of drug-likeness (QED) is 0.668. The van der Waals surface area contributed by atoms with Crippen LogP contribution in [0.5, 0.6) is 0 Å². The average molecular weight is 322 g/mol. The number of ether oxygens (including phenoxy) is 1. The molecule has 0 bridgehead atoms. The highest BCUT2D eigenvalue weighted by atomic mass is 32.2. The van der Waals surface area contributed by atoms with Crippen molar-refractivity contribution in [3.63, 3.8) is 0 Å². The van der Waals surface area contributed by atoms with E-state index in [4.69, 9.17) is 9.84 Å². The molecule has 0 aromatic heterocycles. The van der Waals surface area contributed by atoms with Gasteiger partial charge in [-0.2, -0.15) is 0 Å². The van der Waals surface area contributed by atoms with Crippen molar-refractivity contribution in [2.24, 2.45) is 0 Å². The van der Waals surface area contributed by atoms with Gasteiger partial charge in [-0.15, -0.1) is 0 Å². The highest BCUT2D eigenvalue weighted by molar-refractivity contribution is 7.89. The number of hydrogen-bond donors (Lipinski definition) is 1. The number of carbonyl (C=O) groups is 2. The Hall–Kier alpha value is -1.19. The van der Waals surface area contributed by atoms with E-state index in [0.717, 1.165) is 0 Å². The number of carboxylic acid groups (broad SMARTS) is 1. The molecule has 1 rings (SSSR count). The van der Waals surface area contributed by atoms with Crippen molar-refractivity contribution in [2.75, 3.05) is 38.6 Å². The molecule has 9 heteroatoms. The lowest BCUT2D eigenvalue weighted by atomic mass is 10.1. The first-order chi connectivity index (χ1) is 9.81. The Bertz CT molecular complexity index is 474. The largest absolute Gasteiger partial charge is 0.481 e. The molecule has 1 atom stereocenters. The Morgan fingerprint density at radius 1 is 1.33 bits per heavy atom. The van der Waals surface area contributed by atoms with Crippen LogP contribution in [0.1, 0.15) is 20.3 Å². The second-order valence-corrected chi connectivity index (χ2v) is 6.72. The van der Waals surface area contributed by atoms with Crippen LogP contribution >= 0.6 is 0 Å². The normalized spacial score (nSPS) is 19.8. The molecule has 122 valence electrons. The first-order valence-electron chi connectivity index (χ1n) is 6.88. The number of nitrogens with zero attached hydrogens (tertiary/aromatic N) is 2. The van der Waals surface area contributed by atoms with Crippen LogP contribution in [0.4, 0.5) is 0 Å². The summed E-state index contributed by atoms with van der Waals surface area (Å²) >= 11 is 0. The van der Waals surface area contributed by atoms with Crippen LogP contribution in [0.3, 0.4) is 0 Å². The number of carboxylic acids is 1. The van der Waals surface area contributed by atoms with Gasteiger partial charge in [-0.1, -0.05) is 13.8 Å². The molecule has 1 unspecified atom stereocenters. The standard InChI is InChI=1S/C12H22N2O6S/c1-3-13(4-2)21(18,19)9-11(15)14-5-6-20-8-10(14)7-12(16)17/h10H,3-9H2,1-2H3,(H,16,17). The fourth-order valence-electron chi connectivity index (χ4n) is 2.30. The summed E-state index contributed by atoms with van der Waals surface area (Å²) in [5.74, 6) is -2.25. The van der Waals surface area contributed by atoms with Crippen molar-refractivity contribution < 1.29 is 27.9 Å². The van der Waals surface area contributed by atoms with E-state index < -0.39 is 33.7 Å². The smallest absolute Gasteiger partial charge is 0.305 e. The van der Waals surface area contributed by atoms with Gasteiger partial charge in [-0.3, -0.25) is 9.59 Å². The third-order valence-electron chi connectivity index (χ3n) is 3.36. The topological polar surface area (TPSA) is 104 Å². The molecular weight excluding hydrogens is 300 g/mol. The molecule has 0 spiro atoms. The monoisotopic (exact) mass is 322 g/mol. The summed E-state index contributed by atoms with van der Waals surface area (Å²) < 4.78 is 30.6. The molecule has 0 radical (unpaired) electrons. The van der Waals surface area contributed by atoms with E-state index in [2.05, 4.69) is 0 Å². The molecule has 0 aromatic rings. The molecule has 0 aromatic carbocycles. The summed E-state index contributed by atoms with van der Waals surface area (Å²) in [7, 11) is -3.67. The summed E-state index contributed by atoms with van der Waals surface area (Å²) in [4.78, 5) is 24.3. The molecule has 1 N–H and O–H groups in total. The van der Waals surface area contributed by atoms with Crippen molar-refractivity contribution in [1.82, 2.24) is 9.21 Å². The van der Waals surface area contributed by atoms with Crippen LogP contribution in [0, 0.1) is 0 Å². The summed E-state index contributed by atoms with van der Waals surface area (Å²) in [6, 6.07) is -0.615. The highest BCUT2D eigenvalue weighted by Crippen LogP contribution is 2.13. The SMILES string of the molecule is CCN(CC)S(=O)(=O)CC(=O)N1CCOCC1CC(=O)O. The minimum absolute atomic E-state index is 0.114. The summed E-state index contributed by atoms with van der Waals surface area (Å²) in [6.45, 7) is 4.61. The van der Waals surface area contributed by atoms with Gasteiger partial charge in [-0.05, 0) is 0 Å². The number of aliphatic carboxylic acids is 1. The molecule has 0 aliphatic carbocycles. The number of hydrogen-bond acceptors (Lipinski definition) is 5. The minimum Gasteiger partial charge on any atom is -0.481 e. The van der Waals surface area contributed by atoms with E-state index in [1.165, 1.54) is 9.21 Å². The van der Waals surface area contributed by atoms with E-state index in [9.17, 15) is 18.0 Å². The van der Waals surface area contributed by atoms with Gasteiger partial charge >= 0.3 is 5.97 Å². The van der Waals surface area contributed by atoms with Crippen molar-refractivity contribution in [2.45, 2.75) is 26.3 Å². The van der Waals surface area contributed by atoms with Crippen LogP contribution in [-0.2, 0) is 24.3 Å². The molecule has 8 nitrogen and oxygen atoms in total. The van der Waals surface area contributed by atoms with Gasteiger partial charge in [0.25, 0.3) is 0 Å². The number of carbonyl (C=O) groups excluding carboxylic acids is 1. The number of morpholine rings is 1. The Morgan fingerprint density at radius 3 is 2.48 bits per heavy atom. The van der Waals surface area contributed by atoms with Crippen molar-refractivity contribution >= 4 is 21.9 Å². The molecule has 1 fully saturated rings. The minimum atomic E-state index is -3.67. The van der Waals surface area contributed by atoms with Crippen LogP contribution in [0.15, 0.2) is 0 Å². The summed E-state index contributed by atoms with van der Waals surface area (Å²) in [5, 5.41) is 8.84. The third-order valence-corrected chi connectivity index (χ3v) is 5.28. The fraction of sp³-hybridized carbons (Fsp3) is 0.833. The number of amides is 1. The first-order valence-corrected chi connectivity index (χ1v) is 8.49. The average Bonchev–Trinajstić information content (AvgIpc) is 2.38. The zero-order chi connectivity index (χ0) is 16.0. The van der Waals surface area contributed by atoms with Gasteiger partial charge < -0.3 is 14.7 Å². The maximum atomic E-state index is 12.2. The summed E-state index contributed by atoms with van der Waals surface area (Å²) in [6.07, 6.45) is -0.253. The molecule has 1 aliphatic heterocycles. The lowest BCUT2D eigenvalue weighted by Gasteiger charge is -2.35. The van der Waals surface area contributed by atoms with E-state index in [1.54, 1.807) is 13.8 Å². The molecule has 1 heterocycles. The van der Waals surface area contributed by atoms with E-state index in [-0.39, 0.29) is 26.2 Å². The Balaban J connectivity index is 2.78. The Kier molecular flexibility index (Phi) is 6.56. The Morgan fingerprint density at radius 2 is 1.95 bits per heavy atom. The van der Waals surface area contributed by atoms with Crippen LogP contribution in [-0.4, -0.2) is 79.2 Å². The van der Waals surface area contributed by atoms with Crippen molar-refractivity contribution in [3.8, 4) is 0 Å². The number of rotatable bonds is 7. The molecule has 0 saturated carbocycles. The van der Waals surface area contributed by atoms with Gasteiger partial charge in [0.15, 0.2) is 0 Å². The predicted molar refractivity (Wildman–Crippen MR) is 75.3 cm³/mol. The van der Waals surface area contributed by atoms with Gasteiger partial charge in [0.2, 0.25) is 15.9 Å². The maximum Gasteiger partial charge on any atom is 0.305 e. The van der Waals surface area contributed by atoms with Crippen LogP contribution in [0.2, 0.25) is 0 Å². The third kappa shape index (κ3) is 4.94. The molecular formula is C12H22N2O6S. The van der Waals surface area contributed by atoms with Crippen LogP contribution < -0.4 is 0 Å². The molecule has 1 saturated heterocycles. The van der Waals surface area contributed by atoms with Gasteiger partial charge in [0.05, 0.1) is 25.7 Å². The number of sulfonamides is 1. The first kappa shape index (κ1) is 17.9. The lowest BCUT2D eigenvalue weighted by Crippen LogP contribution is -2.52. The van der Waals surface area contributed by atoms with Gasteiger partial charge in [0, 0.05) is 19.6 Å².